The fourth-order valence-electron chi connectivity index (χ4n) is 3.71. The van der Waals surface area contributed by atoms with E-state index in [0.29, 0.717) is 17.0 Å². The van der Waals surface area contributed by atoms with E-state index in [1.165, 1.54) is 17.0 Å². The molecule has 0 spiro atoms. The highest BCUT2D eigenvalue weighted by molar-refractivity contribution is 7.89. The van der Waals surface area contributed by atoms with Crippen molar-refractivity contribution < 1.29 is 13.2 Å². The van der Waals surface area contributed by atoms with Crippen LogP contribution in [0.5, 0.6) is 0 Å². The zero-order valence-corrected chi connectivity index (χ0v) is 20.1. The van der Waals surface area contributed by atoms with Crippen molar-refractivity contribution in [3.63, 3.8) is 0 Å². The van der Waals surface area contributed by atoms with Gasteiger partial charge in [0.15, 0.2) is 0 Å². The smallest absolute Gasteiger partial charge is 0.254 e. The molecule has 8 heteroatoms. The topological polar surface area (TPSA) is 92.3 Å². The minimum atomic E-state index is -3.79. The average Bonchev–Trinajstić information content (AvgIpc) is 2.83. The van der Waals surface area contributed by atoms with E-state index in [2.05, 4.69) is 14.7 Å². The molecule has 0 fully saturated rings. The summed E-state index contributed by atoms with van der Waals surface area (Å²) < 4.78 is 28.3. The Labute approximate surface area is 199 Å². The van der Waals surface area contributed by atoms with E-state index in [0.717, 1.165) is 22.2 Å². The van der Waals surface area contributed by atoms with Crippen LogP contribution in [0.3, 0.4) is 0 Å². The van der Waals surface area contributed by atoms with Gasteiger partial charge in [-0.25, -0.2) is 23.1 Å². The normalized spacial score (nSPS) is 11.5. The number of fused-ring (bicyclic) bond motifs is 1. The van der Waals surface area contributed by atoms with Crippen LogP contribution >= 0.6 is 0 Å². The van der Waals surface area contributed by atoms with Crippen LogP contribution in [0, 0.1) is 13.8 Å². The summed E-state index contributed by atoms with van der Waals surface area (Å²) in [6.07, 6.45) is 0. The summed E-state index contributed by atoms with van der Waals surface area (Å²) in [6.45, 7) is 4.06. The Kier molecular flexibility index (Phi) is 6.72. The Morgan fingerprint density at radius 3 is 2.41 bits per heavy atom. The van der Waals surface area contributed by atoms with Gasteiger partial charge in [-0.2, -0.15) is 0 Å². The molecular weight excluding hydrogens is 448 g/mol. The highest BCUT2D eigenvalue weighted by Gasteiger charge is 2.21. The number of nitrogens with zero attached hydrogens (tertiary/aromatic N) is 3. The predicted octanol–water partition coefficient (Wildman–Crippen LogP) is 4.00. The summed E-state index contributed by atoms with van der Waals surface area (Å²) in [7, 11) is -2.13. The summed E-state index contributed by atoms with van der Waals surface area (Å²) in [6, 6.07) is 21.6. The Bertz CT molecular complexity index is 1450. The first-order valence-electron chi connectivity index (χ1n) is 10.9. The molecule has 3 aromatic carbocycles. The molecule has 1 heterocycles. The lowest BCUT2D eigenvalue weighted by molar-refractivity contribution is 0.0780. The highest BCUT2D eigenvalue weighted by atomic mass is 32.2. The Balaban J connectivity index is 1.54. The molecule has 0 atom stereocenters. The zero-order valence-electron chi connectivity index (χ0n) is 19.3. The number of hydrogen-bond donors (Lipinski definition) is 1. The molecule has 1 N–H and O–H groups in total. The average molecular weight is 475 g/mol. The molecule has 0 saturated heterocycles. The van der Waals surface area contributed by atoms with Crippen LogP contribution in [0.4, 0.5) is 0 Å². The summed E-state index contributed by atoms with van der Waals surface area (Å²) in [5.41, 5.74) is 3.52. The van der Waals surface area contributed by atoms with E-state index >= 15 is 0 Å². The zero-order chi connectivity index (χ0) is 24.3. The Morgan fingerprint density at radius 1 is 0.941 bits per heavy atom. The predicted molar refractivity (Wildman–Crippen MR) is 132 cm³/mol. The van der Waals surface area contributed by atoms with E-state index in [4.69, 9.17) is 0 Å². The maximum atomic E-state index is 13.2. The second-order valence-electron chi connectivity index (χ2n) is 8.19. The summed E-state index contributed by atoms with van der Waals surface area (Å²) >= 11 is 0. The minimum Gasteiger partial charge on any atom is -0.334 e. The molecule has 4 aromatic rings. The van der Waals surface area contributed by atoms with Crippen LogP contribution < -0.4 is 4.72 Å². The maximum absolute atomic E-state index is 13.2. The van der Waals surface area contributed by atoms with Crippen LogP contribution in [0.2, 0.25) is 0 Å². The van der Waals surface area contributed by atoms with E-state index in [1.807, 2.05) is 61.5 Å². The number of benzene rings is 3. The van der Waals surface area contributed by atoms with Gasteiger partial charge in [-0.3, -0.25) is 4.79 Å². The van der Waals surface area contributed by atoms with Crippen molar-refractivity contribution in [3.8, 4) is 0 Å². The molecule has 0 unspecified atom stereocenters. The minimum absolute atomic E-state index is 0.0450. The van der Waals surface area contributed by atoms with Crippen LogP contribution in [0.1, 0.15) is 33.0 Å². The van der Waals surface area contributed by atoms with E-state index in [1.54, 1.807) is 20.0 Å². The van der Waals surface area contributed by atoms with Crippen molar-refractivity contribution in [1.82, 2.24) is 19.6 Å². The number of aromatic nitrogens is 2. The molecule has 1 amide bonds. The van der Waals surface area contributed by atoms with Gasteiger partial charge in [0.2, 0.25) is 10.0 Å². The van der Waals surface area contributed by atoms with Crippen LogP contribution in [0.15, 0.2) is 77.7 Å². The lowest BCUT2D eigenvalue weighted by Gasteiger charge is -2.19. The molecule has 0 aliphatic rings. The Hall–Kier alpha value is -3.62. The largest absolute Gasteiger partial charge is 0.334 e. The van der Waals surface area contributed by atoms with Crippen LogP contribution in [-0.4, -0.2) is 36.2 Å². The molecular formula is C26H26N4O3S. The molecule has 1 aromatic heterocycles. The number of hydrogen-bond acceptors (Lipinski definition) is 5. The number of para-hydroxylation sites is 1. The van der Waals surface area contributed by atoms with Gasteiger partial charge >= 0.3 is 0 Å². The fourth-order valence-corrected chi connectivity index (χ4v) is 4.75. The van der Waals surface area contributed by atoms with Crippen LogP contribution in [-0.2, 0) is 23.1 Å². The molecule has 0 aliphatic carbocycles. The van der Waals surface area contributed by atoms with Gasteiger partial charge in [0.1, 0.15) is 5.82 Å². The molecule has 7 nitrogen and oxygen atoms in total. The number of amides is 1. The third-order valence-corrected chi connectivity index (χ3v) is 7.02. The van der Waals surface area contributed by atoms with Gasteiger partial charge in [-0.05, 0) is 43.2 Å². The summed E-state index contributed by atoms with van der Waals surface area (Å²) in [4.78, 5) is 23.9. The van der Waals surface area contributed by atoms with Gasteiger partial charge in [-0.1, -0.05) is 54.6 Å². The third-order valence-electron chi connectivity index (χ3n) is 5.62. The van der Waals surface area contributed by atoms with E-state index in [9.17, 15) is 13.2 Å². The molecule has 0 bridgehead atoms. The van der Waals surface area contributed by atoms with Crippen molar-refractivity contribution in [2.45, 2.75) is 31.8 Å². The second kappa shape index (κ2) is 9.70. The van der Waals surface area contributed by atoms with Crippen molar-refractivity contribution in [1.29, 1.82) is 0 Å². The lowest BCUT2D eigenvalue weighted by Crippen LogP contribution is -2.29. The van der Waals surface area contributed by atoms with Gasteiger partial charge in [0.05, 0.1) is 17.0 Å². The third kappa shape index (κ3) is 5.13. The standard InChI is InChI=1S/C26H26N4O3S/c1-18-13-14-21(34(32,33)27-16-20-9-5-4-6-10-20)15-23(18)26(31)30(3)17-25-28-19(2)22-11-7-8-12-24(22)29-25/h4-15,27H,16-17H2,1-3H3. The number of aryl methyl sites for hydroxylation is 2. The van der Waals surface area contributed by atoms with Crippen molar-refractivity contribution in [3.05, 3.63) is 101 Å². The van der Waals surface area contributed by atoms with E-state index in [-0.39, 0.29) is 23.9 Å². The SMILES string of the molecule is Cc1ccc(S(=O)(=O)NCc2ccccc2)cc1C(=O)N(C)Cc1nc(C)c2ccccc2n1. The second-order valence-corrected chi connectivity index (χ2v) is 9.96. The van der Waals surface area contributed by atoms with Gasteiger partial charge < -0.3 is 4.90 Å². The first kappa shape index (κ1) is 23.5. The molecule has 0 aliphatic heterocycles. The fraction of sp³-hybridized carbons (Fsp3) is 0.192. The summed E-state index contributed by atoms with van der Waals surface area (Å²) in [5, 5.41) is 0.969. The number of rotatable bonds is 7. The van der Waals surface area contributed by atoms with Crippen molar-refractivity contribution >= 4 is 26.8 Å². The number of nitrogens with one attached hydrogen (secondary N) is 1. The summed E-state index contributed by atoms with van der Waals surface area (Å²) in [5.74, 6) is 0.227. The number of sulfonamides is 1. The van der Waals surface area contributed by atoms with Gasteiger partial charge in [0, 0.05) is 30.2 Å². The molecule has 4 rings (SSSR count). The molecule has 34 heavy (non-hydrogen) atoms. The number of carbonyl (C=O) groups is 1. The first-order chi connectivity index (χ1) is 16.2. The Morgan fingerprint density at radius 2 is 1.65 bits per heavy atom. The van der Waals surface area contributed by atoms with Crippen molar-refractivity contribution in [2.24, 2.45) is 0 Å². The quantitative estimate of drug-likeness (QED) is 0.437. The van der Waals surface area contributed by atoms with Crippen molar-refractivity contribution in [2.75, 3.05) is 7.05 Å². The lowest BCUT2D eigenvalue weighted by atomic mass is 10.1. The molecule has 0 radical (unpaired) electrons. The van der Waals surface area contributed by atoms with E-state index < -0.39 is 10.0 Å². The maximum Gasteiger partial charge on any atom is 0.254 e. The number of carbonyl (C=O) groups excluding carboxylic acids is 1. The monoisotopic (exact) mass is 474 g/mol. The van der Waals surface area contributed by atoms with Crippen LogP contribution in [0.25, 0.3) is 10.9 Å². The molecule has 0 saturated carbocycles. The molecule has 174 valence electrons. The van der Waals surface area contributed by atoms with Gasteiger partial charge in [-0.15, -0.1) is 0 Å². The highest BCUT2D eigenvalue weighted by Crippen LogP contribution is 2.19. The van der Waals surface area contributed by atoms with Gasteiger partial charge in [0.25, 0.3) is 5.91 Å². The first-order valence-corrected chi connectivity index (χ1v) is 12.3.